The third kappa shape index (κ3) is 4.69. The first-order valence-corrected chi connectivity index (χ1v) is 7.00. The van der Waals surface area contributed by atoms with Crippen molar-refractivity contribution in [1.82, 2.24) is 10.3 Å². The standard InChI is InChI=1S/C15H11ClF3N3O2/c16-12-4-3-10(6-11(12)15(17,18)19)22-13(23)8-21-14(24)9-2-1-5-20-7-9/h1-7H,8H2,(H,21,24)(H,22,23). The van der Waals surface area contributed by atoms with Gasteiger partial charge in [0.15, 0.2) is 0 Å². The second kappa shape index (κ2) is 7.31. The number of aromatic nitrogens is 1. The molecule has 1 aromatic carbocycles. The van der Waals surface area contributed by atoms with Gasteiger partial charge in [0.25, 0.3) is 5.91 Å². The molecule has 0 radical (unpaired) electrons. The number of pyridine rings is 1. The number of hydrogen-bond acceptors (Lipinski definition) is 3. The van der Waals surface area contributed by atoms with E-state index < -0.39 is 35.1 Å². The van der Waals surface area contributed by atoms with Crippen LogP contribution in [0.2, 0.25) is 5.02 Å². The number of rotatable bonds is 4. The number of hydrogen-bond donors (Lipinski definition) is 2. The summed E-state index contributed by atoms with van der Waals surface area (Å²) in [4.78, 5) is 27.2. The van der Waals surface area contributed by atoms with Gasteiger partial charge < -0.3 is 10.6 Å². The van der Waals surface area contributed by atoms with E-state index >= 15 is 0 Å². The van der Waals surface area contributed by atoms with Gasteiger partial charge in [-0.1, -0.05) is 11.6 Å². The highest BCUT2D eigenvalue weighted by Crippen LogP contribution is 2.36. The van der Waals surface area contributed by atoms with E-state index in [1.807, 2.05) is 0 Å². The van der Waals surface area contributed by atoms with Crippen LogP contribution in [-0.2, 0) is 11.0 Å². The van der Waals surface area contributed by atoms with E-state index in [1.54, 1.807) is 6.07 Å². The summed E-state index contributed by atoms with van der Waals surface area (Å²) in [6.07, 6.45) is -1.82. The number of nitrogens with one attached hydrogen (secondary N) is 2. The lowest BCUT2D eigenvalue weighted by atomic mass is 10.2. The number of nitrogens with zero attached hydrogens (tertiary/aromatic N) is 1. The highest BCUT2D eigenvalue weighted by molar-refractivity contribution is 6.31. The van der Waals surface area contributed by atoms with E-state index in [0.717, 1.165) is 12.1 Å². The number of benzene rings is 1. The summed E-state index contributed by atoms with van der Waals surface area (Å²) < 4.78 is 38.2. The molecule has 0 aliphatic carbocycles. The number of amides is 2. The van der Waals surface area contributed by atoms with E-state index in [4.69, 9.17) is 11.6 Å². The van der Waals surface area contributed by atoms with E-state index in [0.29, 0.717) is 0 Å². The average molecular weight is 358 g/mol. The molecule has 1 heterocycles. The van der Waals surface area contributed by atoms with Crippen LogP contribution >= 0.6 is 11.6 Å². The number of carbonyl (C=O) groups is 2. The Morgan fingerprint density at radius 1 is 1.21 bits per heavy atom. The van der Waals surface area contributed by atoms with E-state index in [9.17, 15) is 22.8 Å². The van der Waals surface area contributed by atoms with Crippen LogP contribution in [-0.4, -0.2) is 23.3 Å². The minimum Gasteiger partial charge on any atom is -0.343 e. The summed E-state index contributed by atoms with van der Waals surface area (Å²) in [5, 5.41) is 4.13. The van der Waals surface area contributed by atoms with Gasteiger partial charge in [-0.2, -0.15) is 13.2 Å². The Bertz CT molecular complexity index is 751. The van der Waals surface area contributed by atoms with Gasteiger partial charge in [-0.15, -0.1) is 0 Å². The van der Waals surface area contributed by atoms with Gasteiger partial charge in [0.1, 0.15) is 0 Å². The van der Waals surface area contributed by atoms with Crippen molar-refractivity contribution >= 4 is 29.1 Å². The van der Waals surface area contributed by atoms with Gasteiger partial charge in [-0.3, -0.25) is 14.6 Å². The maximum atomic E-state index is 12.7. The topological polar surface area (TPSA) is 71.1 Å². The number of anilines is 1. The third-order valence-electron chi connectivity index (χ3n) is 2.89. The number of alkyl halides is 3. The van der Waals surface area contributed by atoms with Gasteiger partial charge in [-0.25, -0.2) is 0 Å². The minimum absolute atomic E-state index is 0.0765. The van der Waals surface area contributed by atoms with Crippen molar-refractivity contribution in [2.24, 2.45) is 0 Å². The van der Waals surface area contributed by atoms with Crippen LogP contribution in [0.4, 0.5) is 18.9 Å². The summed E-state index contributed by atoms with van der Waals surface area (Å²) in [5.41, 5.74) is -0.870. The summed E-state index contributed by atoms with van der Waals surface area (Å²) in [6, 6.07) is 6.06. The van der Waals surface area contributed by atoms with Crippen LogP contribution in [0.15, 0.2) is 42.7 Å². The second-order valence-electron chi connectivity index (χ2n) is 4.66. The molecule has 0 fully saturated rings. The third-order valence-corrected chi connectivity index (χ3v) is 3.22. The van der Waals surface area contributed by atoms with Gasteiger partial charge in [0.2, 0.25) is 5.91 Å². The van der Waals surface area contributed by atoms with E-state index in [-0.39, 0.29) is 11.3 Å². The summed E-state index contributed by atoms with van der Waals surface area (Å²) >= 11 is 5.49. The van der Waals surface area contributed by atoms with Crippen molar-refractivity contribution in [2.75, 3.05) is 11.9 Å². The van der Waals surface area contributed by atoms with Gasteiger partial charge in [-0.05, 0) is 30.3 Å². The zero-order valence-corrected chi connectivity index (χ0v) is 12.8. The molecule has 2 rings (SSSR count). The molecule has 2 amide bonds. The van der Waals surface area contributed by atoms with Crippen molar-refractivity contribution in [3.05, 3.63) is 58.9 Å². The Morgan fingerprint density at radius 2 is 1.96 bits per heavy atom. The molecule has 0 spiro atoms. The van der Waals surface area contributed by atoms with Gasteiger partial charge in [0, 0.05) is 18.1 Å². The second-order valence-corrected chi connectivity index (χ2v) is 5.07. The van der Waals surface area contributed by atoms with Crippen molar-refractivity contribution in [1.29, 1.82) is 0 Å². The van der Waals surface area contributed by atoms with E-state index in [1.165, 1.54) is 24.5 Å². The van der Waals surface area contributed by atoms with Crippen LogP contribution in [0.25, 0.3) is 0 Å². The van der Waals surface area contributed by atoms with Crippen molar-refractivity contribution < 1.29 is 22.8 Å². The summed E-state index contributed by atoms with van der Waals surface area (Å²) in [7, 11) is 0. The fourth-order valence-electron chi connectivity index (χ4n) is 1.79. The maximum Gasteiger partial charge on any atom is 0.417 e. The van der Waals surface area contributed by atoms with Crippen LogP contribution in [0.3, 0.4) is 0 Å². The lowest BCUT2D eigenvalue weighted by Gasteiger charge is -2.12. The molecule has 5 nitrogen and oxygen atoms in total. The molecule has 24 heavy (non-hydrogen) atoms. The van der Waals surface area contributed by atoms with Crippen molar-refractivity contribution in [3.8, 4) is 0 Å². The van der Waals surface area contributed by atoms with Crippen LogP contribution in [0, 0.1) is 0 Å². The zero-order chi connectivity index (χ0) is 17.7. The number of carbonyl (C=O) groups excluding carboxylic acids is 2. The molecular weight excluding hydrogens is 347 g/mol. The molecule has 126 valence electrons. The summed E-state index contributed by atoms with van der Waals surface area (Å²) in [6.45, 7) is -0.405. The maximum absolute atomic E-state index is 12.7. The smallest absolute Gasteiger partial charge is 0.343 e. The highest BCUT2D eigenvalue weighted by atomic mass is 35.5. The molecule has 2 N–H and O–H groups in total. The lowest BCUT2D eigenvalue weighted by molar-refractivity contribution is -0.137. The molecule has 0 unspecified atom stereocenters. The van der Waals surface area contributed by atoms with Crippen LogP contribution in [0.1, 0.15) is 15.9 Å². The first-order chi connectivity index (χ1) is 11.3. The average Bonchev–Trinajstić information content (AvgIpc) is 2.54. The fraction of sp³-hybridized carbons (Fsp3) is 0.133. The zero-order valence-electron chi connectivity index (χ0n) is 12.0. The molecule has 0 bridgehead atoms. The molecule has 0 saturated heterocycles. The normalized spacial score (nSPS) is 11.0. The quantitative estimate of drug-likeness (QED) is 0.883. The monoisotopic (exact) mass is 357 g/mol. The van der Waals surface area contributed by atoms with Crippen molar-refractivity contribution in [3.63, 3.8) is 0 Å². The Balaban J connectivity index is 1.97. The number of halogens is 4. The Hall–Kier alpha value is -2.61. The van der Waals surface area contributed by atoms with Crippen LogP contribution in [0.5, 0.6) is 0 Å². The van der Waals surface area contributed by atoms with Gasteiger partial charge in [0.05, 0.1) is 22.7 Å². The predicted molar refractivity (Wildman–Crippen MR) is 81.7 cm³/mol. The SMILES string of the molecule is O=C(CNC(=O)c1cccnc1)Nc1ccc(Cl)c(C(F)(F)F)c1. The molecule has 2 aromatic rings. The predicted octanol–water partition coefficient (Wildman–Crippen LogP) is 3.12. The van der Waals surface area contributed by atoms with Crippen LogP contribution < -0.4 is 10.6 Å². The molecule has 1 aromatic heterocycles. The lowest BCUT2D eigenvalue weighted by Crippen LogP contribution is -2.32. The largest absolute Gasteiger partial charge is 0.417 e. The first kappa shape index (κ1) is 17.7. The Morgan fingerprint density at radius 3 is 2.58 bits per heavy atom. The fourth-order valence-corrected chi connectivity index (χ4v) is 2.01. The van der Waals surface area contributed by atoms with E-state index in [2.05, 4.69) is 15.6 Å². The molecule has 0 aliphatic rings. The Labute approximate surface area is 139 Å². The molecular formula is C15H11ClF3N3O2. The minimum atomic E-state index is -4.63. The first-order valence-electron chi connectivity index (χ1n) is 6.62. The molecule has 0 saturated carbocycles. The highest BCUT2D eigenvalue weighted by Gasteiger charge is 2.33. The summed E-state index contributed by atoms with van der Waals surface area (Å²) in [5.74, 6) is -1.20. The van der Waals surface area contributed by atoms with Crippen molar-refractivity contribution in [2.45, 2.75) is 6.18 Å². The molecule has 9 heteroatoms. The Kier molecular flexibility index (Phi) is 5.40. The molecule has 0 atom stereocenters. The van der Waals surface area contributed by atoms with Gasteiger partial charge >= 0.3 is 6.18 Å². The molecule has 0 aliphatic heterocycles.